The van der Waals surface area contributed by atoms with Gasteiger partial charge in [-0.1, -0.05) is 0 Å². The van der Waals surface area contributed by atoms with Gasteiger partial charge in [-0.15, -0.1) is 0 Å². The molecule has 0 aromatic heterocycles. The molecule has 1 aromatic carbocycles. The van der Waals surface area contributed by atoms with Gasteiger partial charge in [0, 0.05) is 18.4 Å². The maximum absolute atomic E-state index is 12.8. The van der Waals surface area contributed by atoms with Crippen LogP contribution in [0.1, 0.15) is 24.5 Å². The number of phenolic OH excluding ortho intramolecular Hbond substituents is 1. The van der Waals surface area contributed by atoms with E-state index in [1.807, 2.05) is 6.08 Å². The van der Waals surface area contributed by atoms with Crippen LogP contribution in [0.3, 0.4) is 0 Å². The topological polar surface area (TPSA) is 94.1 Å². The van der Waals surface area contributed by atoms with Gasteiger partial charge >= 0.3 is 0 Å². The second-order valence-corrected chi connectivity index (χ2v) is 7.26. The van der Waals surface area contributed by atoms with E-state index in [4.69, 9.17) is 14.2 Å². The van der Waals surface area contributed by atoms with E-state index in [0.29, 0.717) is 30.1 Å². The Morgan fingerprint density at radius 3 is 2.57 bits per heavy atom. The Morgan fingerprint density at radius 1 is 1.21 bits per heavy atom. The first kappa shape index (κ1) is 18.4. The Kier molecular flexibility index (Phi) is 4.33. The number of carbonyl (C=O) groups excluding carboxylic acids is 2. The number of benzene rings is 1. The third kappa shape index (κ3) is 2.42. The van der Waals surface area contributed by atoms with E-state index in [0.717, 1.165) is 22.3 Å². The summed E-state index contributed by atoms with van der Waals surface area (Å²) in [6, 6.07) is 1.55. The molecule has 3 atom stereocenters. The molecule has 0 saturated heterocycles. The van der Waals surface area contributed by atoms with Crippen molar-refractivity contribution in [3.8, 4) is 17.2 Å². The molecule has 0 spiro atoms. The maximum Gasteiger partial charge on any atom is 0.217 e. The maximum atomic E-state index is 12.8. The first-order chi connectivity index (χ1) is 13.4. The van der Waals surface area contributed by atoms with Crippen molar-refractivity contribution in [1.29, 1.82) is 0 Å². The van der Waals surface area contributed by atoms with Crippen molar-refractivity contribution in [1.82, 2.24) is 5.32 Å². The second-order valence-electron chi connectivity index (χ2n) is 7.26. The number of aromatic hydroxyl groups is 1. The average Bonchev–Trinajstić information content (AvgIpc) is 2.84. The fourth-order valence-electron chi connectivity index (χ4n) is 4.76. The van der Waals surface area contributed by atoms with Gasteiger partial charge in [-0.2, -0.15) is 0 Å². The summed E-state index contributed by atoms with van der Waals surface area (Å²) >= 11 is 0. The number of methoxy groups -OCH3 is 3. The standard InChI is InChI=1S/C21H23NO6/c1-9(23)22-12-6-5-10-7-13(26-2)20(25)21(28-4)15(10)16-11-8-14(27-3)19(24)17(11)18(12)16/h7-8,11-12,17,25H,5-6H2,1-4H3,(H,22,23). The van der Waals surface area contributed by atoms with Crippen LogP contribution in [0.5, 0.6) is 17.2 Å². The van der Waals surface area contributed by atoms with Crippen LogP contribution in [0.2, 0.25) is 0 Å². The molecule has 3 aliphatic carbocycles. The number of Topliss-reactive ketones (excluding diaryl/α,β-unsaturated/α-hetero) is 1. The van der Waals surface area contributed by atoms with Crippen molar-refractivity contribution in [3.63, 3.8) is 0 Å². The molecular formula is C21H23NO6. The van der Waals surface area contributed by atoms with Crippen LogP contribution in [0.4, 0.5) is 0 Å². The zero-order valence-corrected chi connectivity index (χ0v) is 16.3. The van der Waals surface area contributed by atoms with Gasteiger partial charge in [0.25, 0.3) is 0 Å². The highest BCUT2D eigenvalue weighted by Gasteiger charge is 2.54. The molecule has 0 saturated carbocycles. The fraction of sp³-hybridized carbons (Fsp3) is 0.429. The van der Waals surface area contributed by atoms with Crippen LogP contribution >= 0.6 is 0 Å². The van der Waals surface area contributed by atoms with Gasteiger partial charge in [-0.05, 0) is 41.7 Å². The molecule has 1 aromatic rings. The van der Waals surface area contributed by atoms with Crippen LogP contribution < -0.4 is 14.8 Å². The minimum absolute atomic E-state index is 0.0678. The largest absolute Gasteiger partial charge is 0.502 e. The van der Waals surface area contributed by atoms with Gasteiger partial charge < -0.3 is 24.6 Å². The molecule has 0 aliphatic heterocycles. The highest BCUT2D eigenvalue weighted by Crippen LogP contribution is 2.59. The number of nitrogens with one attached hydrogen (secondary N) is 1. The lowest BCUT2D eigenvalue weighted by molar-refractivity contribution is -0.122. The molecule has 3 aliphatic rings. The smallest absolute Gasteiger partial charge is 0.217 e. The van der Waals surface area contributed by atoms with E-state index in [-0.39, 0.29) is 35.3 Å². The van der Waals surface area contributed by atoms with E-state index >= 15 is 0 Å². The molecule has 0 fully saturated rings. The Bertz CT molecular complexity index is 945. The number of amides is 1. The Morgan fingerprint density at radius 2 is 1.96 bits per heavy atom. The summed E-state index contributed by atoms with van der Waals surface area (Å²) in [5.74, 6) is 0.206. The summed E-state index contributed by atoms with van der Waals surface area (Å²) in [6.07, 6.45) is 3.11. The number of hydrogen-bond donors (Lipinski definition) is 2. The highest BCUT2D eigenvalue weighted by molar-refractivity contribution is 6.08. The molecule has 1 amide bonds. The third-order valence-corrected chi connectivity index (χ3v) is 5.87. The number of rotatable bonds is 4. The summed E-state index contributed by atoms with van der Waals surface area (Å²) in [5.41, 5.74) is 3.55. The van der Waals surface area contributed by atoms with E-state index in [9.17, 15) is 14.7 Å². The molecule has 28 heavy (non-hydrogen) atoms. The molecule has 0 radical (unpaired) electrons. The normalized spacial score (nSPS) is 24.9. The number of ether oxygens (including phenoxy) is 3. The molecule has 0 bridgehead atoms. The van der Waals surface area contributed by atoms with Crippen molar-refractivity contribution in [2.24, 2.45) is 11.8 Å². The van der Waals surface area contributed by atoms with Crippen molar-refractivity contribution < 1.29 is 28.9 Å². The predicted molar refractivity (Wildman–Crippen MR) is 101 cm³/mol. The van der Waals surface area contributed by atoms with Gasteiger partial charge in [-0.25, -0.2) is 0 Å². The van der Waals surface area contributed by atoms with E-state index in [1.54, 1.807) is 6.07 Å². The van der Waals surface area contributed by atoms with Crippen molar-refractivity contribution in [2.75, 3.05) is 21.3 Å². The minimum Gasteiger partial charge on any atom is -0.502 e. The zero-order valence-electron chi connectivity index (χ0n) is 16.3. The molecule has 0 heterocycles. The number of phenols is 1. The van der Waals surface area contributed by atoms with Crippen LogP contribution in [-0.2, 0) is 20.7 Å². The first-order valence-electron chi connectivity index (χ1n) is 9.21. The number of ketones is 1. The van der Waals surface area contributed by atoms with Gasteiger partial charge in [0.05, 0.1) is 33.3 Å². The SMILES string of the molecule is COC1=CC2C3=C(C(NC(C)=O)CCc4cc(OC)c(O)c(OC)c43)C2C1=O. The summed E-state index contributed by atoms with van der Waals surface area (Å²) < 4.78 is 16.1. The quantitative estimate of drug-likeness (QED) is 0.823. The second kappa shape index (κ2) is 6.58. The van der Waals surface area contributed by atoms with Crippen LogP contribution in [0.25, 0.3) is 5.57 Å². The summed E-state index contributed by atoms with van der Waals surface area (Å²) in [4.78, 5) is 24.6. The van der Waals surface area contributed by atoms with Crippen molar-refractivity contribution in [3.05, 3.63) is 34.6 Å². The van der Waals surface area contributed by atoms with Crippen molar-refractivity contribution in [2.45, 2.75) is 25.8 Å². The van der Waals surface area contributed by atoms with Gasteiger partial charge in [-0.3, -0.25) is 9.59 Å². The molecule has 4 rings (SSSR count). The monoisotopic (exact) mass is 385 g/mol. The van der Waals surface area contributed by atoms with Gasteiger partial charge in [0.2, 0.25) is 17.4 Å². The lowest BCUT2D eigenvalue weighted by atomic mass is 9.64. The Labute approximate surface area is 163 Å². The number of allylic oxidation sites excluding steroid dienone is 3. The van der Waals surface area contributed by atoms with Crippen LogP contribution in [-0.4, -0.2) is 44.2 Å². The number of carbonyl (C=O) groups is 2. The number of fused-ring (bicyclic) bond motifs is 5. The fourth-order valence-corrected chi connectivity index (χ4v) is 4.76. The van der Waals surface area contributed by atoms with E-state index < -0.39 is 0 Å². The van der Waals surface area contributed by atoms with E-state index in [2.05, 4.69) is 5.32 Å². The Balaban J connectivity index is 1.95. The lowest BCUT2D eigenvalue weighted by Gasteiger charge is -2.40. The lowest BCUT2D eigenvalue weighted by Crippen LogP contribution is -2.44. The molecule has 3 unspecified atom stereocenters. The predicted octanol–water partition coefficient (Wildman–Crippen LogP) is 1.97. The molecule has 7 nitrogen and oxygen atoms in total. The number of hydrogen-bond acceptors (Lipinski definition) is 6. The van der Waals surface area contributed by atoms with Crippen LogP contribution in [0, 0.1) is 11.8 Å². The van der Waals surface area contributed by atoms with Gasteiger partial charge in [0.15, 0.2) is 17.3 Å². The molecular weight excluding hydrogens is 362 g/mol. The van der Waals surface area contributed by atoms with E-state index in [1.165, 1.54) is 28.3 Å². The highest BCUT2D eigenvalue weighted by atomic mass is 16.5. The zero-order chi connectivity index (χ0) is 20.2. The average molecular weight is 385 g/mol. The third-order valence-electron chi connectivity index (χ3n) is 5.87. The Hall–Kier alpha value is -2.96. The van der Waals surface area contributed by atoms with Gasteiger partial charge in [0.1, 0.15) is 0 Å². The number of aryl methyl sites for hydroxylation is 1. The minimum atomic E-state index is -0.346. The summed E-state index contributed by atoms with van der Waals surface area (Å²) in [6.45, 7) is 1.47. The van der Waals surface area contributed by atoms with Crippen LogP contribution in [0.15, 0.2) is 23.5 Å². The molecule has 148 valence electrons. The first-order valence-corrected chi connectivity index (χ1v) is 9.21. The van der Waals surface area contributed by atoms with Crippen molar-refractivity contribution >= 4 is 17.3 Å². The summed E-state index contributed by atoms with van der Waals surface area (Å²) in [7, 11) is 4.47. The summed E-state index contributed by atoms with van der Waals surface area (Å²) in [5, 5.41) is 13.6. The molecule has 7 heteroatoms. The molecule has 2 N–H and O–H groups in total.